The van der Waals surface area contributed by atoms with Crippen LogP contribution in [-0.2, 0) is 17.6 Å². The Kier molecular flexibility index (Phi) is 4.55. The molecule has 5 heteroatoms. The molecule has 1 atom stereocenters. The lowest BCUT2D eigenvalue weighted by Gasteiger charge is -1.96. The van der Waals surface area contributed by atoms with Crippen molar-refractivity contribution in [3.63, 3.8) is 0 Å². The number of hydrogen-bond donors (Lipinski definition) is 1. The predicted molar refractivity (Wildman–Crippen MR) is 49.9 cm³/mol. The van der Waals surface area contributed by atoms with E-state index in [-0.39, 0.29) is 0 Å². The second kappa shape index (κ2) is 5.72. The van der Waals surface area contributed by atoms with E-state index in [4.69, 9.17) is 14.4 Å². The summed E-state index contributed by atoms with van der Waals surface area (Å²) in [5, 5.41) is 12.8. The van der Waals surface area contributed by atoms with Crippen LogP contribution >= 0.6 is 0 Å². The minimum Gasteiger partial charge on any atom is -0.393 e. The average Bonchev–Trinajstić information content (AvgIpc) is 2.52. The molecule has 0 aliphatic carbocycles. The normalized spacial score (nSPS) is 13.1. The molecule has 1 rings (SSSR count). The molecule has 1 aromatic heterocycles. The number of hydrogen-bond acceptors (Lipinski definition) is 5. The van der Waals surface area contributed by atoms with Gasteiger partial charge in [-0.2, -0.15) is 4.98 Å². The fourth-order valence-electron chi connectivity index (χ4n) is 1.04. The van der Waals surface area contributed by atoms with Crippen LogP contribution in [0, 0.1) is 0 Å². The molecule has 80 valence electrons. The number of rotatable bonds is 6. The molecule has 0 radical (unpaired) electrons. The van der Waals surface area contributed by atoms with Crippen LogP contribution in [0.5, 0.6) is 0 Å². The lowest BCUT2D eigenvalue weighted by atomic mass is 10.3. The van der Waals surface area contributed by atoms with Crippen LogP contribution < -0.4 is 0 Å². The molecular formula is C9H16N2O3. The summed E-state index contributed by atoms with van der Waals surface area (Å²) >= 11 is 0. The van der Waals surface area contributed by atoms with Crippen molar-refractivity contribution in [2.75, 3.05) is 13.2 Å². The molecule has 0 aliphatic heterocycles. The Morgan fingerprint density at radius 2 is 2.36 bits per heavy atom. The molecule has 0 fully saturated rings. The van der Waals surface area contributed by atoms with Gasteiger partial charge >= 0.3 is 0 Å². The maximum Gasteiger partial charge on any atom is 0.229 e. The van der Waals surface area contributed by atoms with E-state index in [0.717, 1.165) is 0 Å². The Hall–Kier alpha value is -0.940. The van der Waals surface area contributed by atoms with Crippen LogP contribution in [0.25, 0.3) is 0 Å². The number of aromatic nitrogens is 2. The SMILES string of the molecule is CCOCCc1noc(CC(C)O)n1. The molecule has 0 spiro atoms. The van der Waals surface area contributed by atoms with Crippen molar-refractivity contribution in [2.24, 2.45) is 0 Å². The Morgan fingerprint density at radius 3 is 3.00 bits per heavy atom. The smallest absolute Gasteiger partial charge is 0.229 e. The van der Waals surface area contributed by atoms with Gasteiger partial charge in [-0.3, -0.25) is 0 Å². The van der Waals surface area contributed by atoms with E-state index in [1.165, 1.54) is 0 Å². The van der Waals surface area contributed by atoms with Crippen molar-refractivity contribution in [1.29, 1.82) is 0 Å². The number of aliphatic hydroxyl groups is 1. The van der Waals surface area contributed by atoms with Crippen molar-refractivity contribution in [3.05, 3.63) is 11.7 Å². The maximum absolute atomic E-state index is 9.08. The van der Waals surface area contributed by atoms with Gasteiger partial charge in [-0.15, -0.1) is 0 Å². The van der Waals surface area contributed by atoms with Gasteiger partial charge < -0.3 is 14.4 Å². The molecule has 1 unspecified atom stereocenters. The summed E-state index contributed by atoms with van der Waals surface area (Å²) in [5.41, 5.74) is 0. The molecule has 0 saturated heterocycles. The first-order chi connectivity index (χ1) is 6.72. The van der Waals surface area contributed by atoms with Gasteiger partial charge in [0.05, 0.1) is 19.1 Å². The Bertz CT molecular complexity index is 260. The standard InChI is InChI=1S/C9H16N2O3/c1-3-13-5-4-8-10-9(14-11-8)6-7(2)12/h7,12H,3-6H2,1-2H3. The fraction of sp³-hybridized carbons (Fsp3) is 0.778. The van der Waals surface area contributed by atoms with Crippen molar-refractivity contribution >= 4 is 0 Å². The van der Waals surface area contributed by atoms with E-state index >= 15 is 0 Å². The first-order valence-corrected chi connectivity index (χ1v) is 4.79. The molecule has 14 heavy (non-hydrogen) atoms. The van der Waals surface area contributed by atoms with Gasteiger partial charge in [0, 0.05) is 13.0 Å². The van der Waals surface area contributed by atoms with Crippen LogP contribution in [-0.4, -0.2) is 34.6 Å². The second-order valence-electron chi connectivity index (χ2n) is 3.10. The van der Waals surface area contributed by atoms with Crippen LogP contribution in [0.15, 0.2) is 4.52 Å². The topological polar surface area (TPSA) is 68.4 Å². The van der Waals surface area contributed by atoms with Gasteiger partial charge in [0.15, 0.2) is 5.82 Å². The van der Waals surface area contributed by atoms with Gasteiger partial charge in [0.2, 0.25) is 5.89 Å². The summed E-state index contributed by atoms with van der Waals surface area (Å²) in [6.07, 6.45) is 0.605. The van der Waals surface area contributed by atoms with E-state index < -0.39 is 6.10 Å². The zero-order valence-corrected chi connectivity index (χ0v) is 8.56. The molecule has 1 heterocycles. The van der Waals surface area contributed by atoms with Crippen LogP contribution in [0.4, 0.5) is 0 Å². The Morgan fingerprint density at radius 1 is 1.57 bits per heavy atom. The van der Waals surface area contributed by atoms with Crippen molar-refractivity contribution in [2.45, 2.75) is 32.8 Å². The predicted octanol–water partition coefficient (Wildman–Crippen LogP) is 0.572. The molecule has 0 aromatic carbocycles. The summed E-state index contributed by atoms with van der Waals surface area (Å²) in [4.78, 5) is 4.10. The van der Waals surface area contributed by atoms with Gasteiger partial charge in [-0.25, -0.2) is 0 Å². The lowest BCUT2D eigenvalue weighted by Crippen LogP contribution is -2.04. The highest BCUT2D eigenvalue weighted by Gasteiger charge is 2.08. The third-order valence-electron chi connectivity index (χ3n) is 1.65. The highest BCUT2D eigenvalue weighted by molar-refractivity contribution is 4.87. The van der Waals surface area contributed by atoms with Gasteiger partial charge in [0.1, 0.15) is 0 Å². The average molecular weight is 200 g/mol. The minimum absolute atomic E-state index is 0.404. The molecule has 0 saturated carbocycles. The third-order valence-corrected chi connectivity index (χ3v) is 1.65. The van der Waals surface area contributed by atoms with Crippen molar-refractivity contribution in [3.8, 4) is 0 Å². The van der Waals surface area contributed by atoms with Gasteiger partial charge in [-0.1, -0.05) is 5.16 Å². The number of aliphatic hydroxyl groups excluding tert-OH is 1. The van der Waals surface area contributed by atoms with Crippen LogP contribution in [0.3, 0.4) is 0 Å². The number of nitrogens with zero attached hydrogens (tertiary/aromatic N) is 2. The summed E-state index contributed by atoms with van der Waals surface area (Å²) in [5.74, 6) is 1.11. The van der Waals surface area contributed by atoms with Crippen LogP contribution in [0.2, 0.25) is 0 Å². The van der Waals surface area contributed by atoms with E-state index in [0.29, 0.717) is 37.8 Å². The Balaban J connectivity index is 2.35. The van der Waals surface area contributed by atoms with E-state index in [1.54, 1.807) is 6.92 Å². The molecule has 0 bridgehead atoms. The maximum atomic E-state index is 9.08. The zero-order chi connectivity index (χ0) is 10.4. The molecule has 1 N–H and O–H groups in total. The lowest BCUT2D eigenvalue weighted by molar-refractivity contribution is 0.149. The first kappa shape index (κ1) is 11.1. The molecule has 1 aromatic rings. The summed E-state index contributed by atoms with van der Waals surface area (Å²) in [7, 11) is 0. The first-order valence-electron chi connectivity index (χ1n) is 4.79. The summed E-state index contributed by atoms with van der Waals surface area (Å²) in [6, 6.07) is 0. The number of ether oxygens (including phenoxy) is 1. The molecule has 5 nitrogen and oxygen atoms in total. The summed E-state index contributed by atoms with van der Waals surface area (Å²) in [6.45, 7) is 4.92. The van der Waals surface area contributed by atoms with Gasteiger partial charge in [0.25, 0.3) is 0 Å². The molecular weight excluding hydrogens is 184 g/mol. The van der Waals surface area contributed by atoms with E-state index in [9.17, 15) is 0 Å². The monoisotopic (exact) mass is 200 g/mol. The van der Waals surface area contributed by atoms with E-state index in [1.807, 2.05) is 6.92 Å². The summed E-state index contributed by atoms with van der Waals surface area (Å²) < 4.78 is 10.1. The van der Waals surface area contributed by atoms with E-state index in [2.05, 4.69) is 10.1 Å². The highest BCUT2D eigenvalue weighted by atomic mass is 16.5. The minimum atomic E-state index is -0.449. The van der Waals surface area contributed by atoms with Crippen molar-refractivity contribution in [1.82, 2.24) is 10.1 Å². The van der Waals surface area contributed by atoms with Gasteiger partial charge in [-0.05, 0) is 13.8 Å². The molecule has 0 aliphatic rings. The second-order valence-corrected chi connectivity index (χ2v) is 3.10. The quantitative estimate of drug-likeness (QED) is 0.680. The highest BCUT2D eigenvalue weighted by Crippen LogP contribution is 2.01. The largest absolute Gasteiger partial charge is 0.393 e. The Labute approximate surface area is 83.1 Å². The van der Waals surface area contributed by atoms with Crippen LogP contribution in [0.1, 0.15) is 25.6 Å². The zero-order valence-electron chi connectivity index (χ0n) is 8.56. The third kappa shape index (κ3) is 3.85. The fourth-order valence-corrected chi connectivity index (χ4v) is 1.04. The molecule has 0 amide bonds. The van der Waals surface area contributed by atoms with Crippen molar-refractivity contribution < 1.29 is 14.4 Å².